The predicted molar refractivity (Wildman–Crippen MR) is 85.8 cm³/mol. The summed E-state index contributed by atoms with van der Waals surface area (Å²) in [5.74, 6) is 0.120. The number of rotatable bonds is 4. The Kier molecular flexibility index (Phi) is 4.60. The predicted octanol–water partition coefficient (Wildman–Crippen LogP) is 2.79. The quantitative estimate of drug-likeness (QED) is 0.858. The van der Waals surface area contributed by atoms with Gasteiger partial charge in [0.25, 0.3) is 5.91 Å². The molecule has 0 N–H and O–H groups in total. The fourth-order valence-electron chi connectivity index (χ4n) is 3.39. The largest absolute Gasteiger partial charge is 0.334 e. The molecule has 0 radical (unpaired) electrons. The molecule has 1 atom stereocenters. The zero-order valence-electron chi connectivity index (χ0n) is 13.0. The van der Waals surface area contributed by atoms with Crippen molar-refractivity contribution >= 4 is 17.2 Å². The Balaban J connectivity index is 1.54. The van der Waals surface area contributed by atoms with Gasteiger partial charge >= 0.3 is 0 Å². The fraction of sp³-hybridized carbons (Fsp3) is 0.750. The number of carbonyl (C=O) groups is 1. The van der Waals surface area contributed by atoms with Crippen LogP contribution in [0.4, 0.5) is 0 Å². The van der Waals surface area contributed by atoms with Crippen LogP contribution in [0.5, 0.6) is 0 Å². The molecule has 1 aromatic rings. The number of nitrogens with zero attached hydrogens (tertiary/aromatic N) is 3. The van der Waals surface area contributed by atoms with Crippen LogP contribution in [-0.2, 0) is 6.42 Å². The standard InChI is InChI=1S/C16H25N3OS/c1-3-6-15-17-14(11-21-15)16(20)18-9-13(10-18)19-8-5-4-7-12(19)2/h11-13H,3-10H2,1-2H3/t12-/m1/s1. The van der Waals surface area contributed by atoms with E-state index in [0.29, 0.717) is 17.8 Å². The van der Waals surface area contributed by atoms with Crippen LogP contribution in [0.3, 0.4) is 0 Å². The average molecular weight is 307 g/mol. The highest BCUT2D eigenvalue weighted by molar-refractivity contribution is 7.09. The van der Waals surface area contributed by atoms with Gasteiger partial charge in [-0.2, -0.15) is 0 Å². The molecule has 0 unspecified atom stereocenters. The summed E-state index contributed by atoms with van der Waals surface area (Å²) in [6.07, 6.45) is 6.02. The molecule has 2 aliphatic rings. The van der Waals surface area contributed by atoms with Gasteiger partial charge in [0.2, 0.25) is 0 Å². The topological polar surface area (TPSA) is 36.4 Å². The second kappa shape index (κ2) is 6.44. The molecular weight excluding hydrogens is 282 g/mol. The lowest BCUT2D eigenvalue weighted by Crippen LogP contribution is -2.63. The van der Waals surface area contributed by atoms with Gasteiger partial charge in [-0.15, -0.1) is 11.3 Å². The van der Waals surface area contributed by atoms with Crippen molar-refractivity contribution in [1.29, 1.82) is 0 Å². The summed E-state index contributed by atoms with van der Waals surface area (Å²) >= 11 is 1.61. The fourth-order valence-corrected chi connectivity index (χ4v) is 4.27. The minimum Gasteiger partial charge on any atom is -0.334 e. The number of aryl methyl sites for hydroxylation is 1. The number of piperidine rings is 1. The second-order valence-electron chi connectivity index (χ2n) is 6.32. The van der Waals surface area contributed by atoms with Crippen molar-refractivity contribution in [3.63, 3.8) is 0 Å². The Morgan fingerprint density at radius 3 is 2.95 bits per heavy atom. The van der Waals surface area contributed by atoms with E-state index in [1.807, 2.05) is 10.3 Å². The van der Waals surface area contributed by atoms with Crippen LogP contribution in [0.2, 0.25) is 0 Å². The molecule has 0 spiro atoms. The number of amides is 1. The summed E-state index contributed by atoms with van der Waals surface area (Å²) < 4.78 is 0. The van der Waals surface area contributed by atoms with Gasteiger partial charge in [0.1, 0.15) is 5.69 Å². The minimum absolute atomic E-state index is 0.120. The van der Waals surface area contributed by atoms with Crippen LogP contribution in [0.1, 0.15) is 55.0 Å². The monoisotopic (exact) mass is 307 g/mol. The van der Waals surface area contributed by atoms with E-state index in [-0.39, 0.29) is 5.91 Å². The van der Waals surface area contributed by atoms with Gasteiger partial charge in [0.05, 0.1) is 5.01 Å². The van der Waals surface area contributed by atoms with E-state index in [4.69, 9.17) is 0 Å². The van der Waals surface area contributed by atoms with Gasteiger partial charge < -0.3 is 4.90 Å². The first-order valence-corrected chi connectivity index (χ1v) is 9.06. The lowest BCUT2D eigenvalue weighted by Gasteiger charge is -2.49. The molecule has 21 heavy (non-hydrogen) atoms. The molecule has 2 fully saturated rings. The van der Waals surface area contributed by atoms with Crippen molar-refractivity contribution in [3.05, 3.63) is 16.1 Å². The third kappa shape index (κ3) is 3.14. The Bertz CT molecular complexity index is 495. The summed E-state index contributed by atoms with van der Waals surface area (Å²) in [6, 6.07) is 1.24. The second-order valence-corrected chi connectivity index (χ2v) is 7.27. The van der Waals surface area contributed by atoms with Crippen LogP contribution < -0.4 is 0 Å². The van der Waals surface area contributed by atoms with Crippen LogP contribution in [0, 0.1) is 0 Å². The van der Waals surface area contributed by atoms with E-state index in [1.165, 1.54) is 25.8 Å². The van der Waals surface area contributed by atoms with E-state index in [2.05, 4.69) is 23.7 Å². The minimum atomic E-state index is 0.120. The first-order chi connectivity index (χ1) is 10.2. The van der Waals surface area contributed by atoms with Crippen molar-refractivity contribution in [2.75, 3.05) is 19.6 Å². The van der Waals surface area contributed by atoms with Gasteiger partial charge in [-0.05, 0) is 39.2 Å². The first-order valence-electron chi connectivity index (χ1n) is 8.18. The van der Waals surface area contributed by atoms with Crippen molar-refractivity contribution in [1.82, 2.24) is 14.8 Å². The summed E-state index contributed by atoms with van der Waals surface area (Å²) in [7, 11) is 0. The maximum atomic E-state index is 12.4. The zero-order valence-corrected chi connectivity index (χ0v) is 13.9. The number of thiazole rings is 1. The smallest absolute Gasteiger partial charge is 0.273 e. The number of aromatic nitrogens is 1. The molecule has 0 saturated carbocycles. The normalized spacial score (nSPS) is 24.1. The lowest BCUT2D eigenvalue weighted by atomic mass is 9.97. The molecule has 0 bridgehead atoms. The molecule has 1 amide bonds. The van der Waals surface area contributed by atoms with Crippen LogP contribution >= 0.6 is 11.3 Å². The molecule has 0 aromatic carbocycles. The number of likely N-dealkylation sites (tertiary alicyclic amines) is 2. The first kappa shape index (κ1) is 15.0. The molecule has 1 aromatic heterocycles. The van der Waals surface area contributed by atoms with Crippen LogP contribution in [0.15, 0.2) is 5.38 Å². The van der Waals surface area contributed by atoms with Gasteiger partial charge in [-0.25, -0.2) is 4.98 Å². The molecule has 3 heterocycles. The van der Waals surface area contributed by atoms with Crippen LogP contribution in [-0.4, -0.2) is 52.4 Å². The van der Waals surface area contributed by atoms with E-state index < -0.39 is 0 Å². The van der Waals surface area contributed by atoms with E-state index in [0.717, 1.165) is 30.9 Å². The zero-order chi connectivity index (χ0) is 14.8. The highest BCUT2D eigenvalue weighted by Crippen LogP contribution is 2.25. The van der Waals surface area contributed by atoms with Gasteiger partial charge in [-0.1, -0.05) is 13.3 Å². The van der Waals surface area contributed by atoms with Crippen molar-refractivity contribution < 1.29 is 4.79 Å². The molecular formula is C16H25N3OS. The van der Waals surface area contributed by atoms with Crippen molar-refractivity contribution in [3.8, 4) is 0 Å². The Labute approximate surface area is 131 Å². The lowest BCUT2D eigenvalue weighted by molar-refractivity contribution is 0.00184. The highest BCUT2D eigenvalue weighted by atomic mass is 32.1. The number of carbonyl (C=O) groups excluding carboxylic acids is 1. The Morgan fingerprint density at radius 2 is 2.24 bits per heavy atom. The Hall–Kier alpha value is -0.940. The third-order valence-corrected chi connectivity index (χ3v) is 5.62. The summed E-state index contributed by atoms with van der Waals surface area (Å²) in [5, 5.41) is 3.01. The summed E-state index contributed by atoms with van der Waals surface area (Å²) in [4.78, 5) is 21.4. The van der Waals surface area contributed by atoms with Gasteiger partial charge in [0.15, 0.2) is 0 Å². The highest BCUT2D eigenvalue weighted by Gasteiger charge is 2.38. The third-order valence-electron chi connectivity index (χ3n) is 4.71. The number of hydrogen-bond donors (Lipinski definition) is 0. The Morgan fingerprint density at radius 1 is 1.43 bits per heavy atom. The molecule has 116 valence electrons. The molecule has 3 rings (SSSR count). The van der Waals surface area contributed by atoms with E-state index in [9.17, 15) is 4.79 Å². The molecule has 2 aliphatic heterocycles. The van der Waals surface area contributed by atoms with E-state index >= 15 is 0 Å². The maximum absolute atomic E-state index is 12.4. The average Bonchev–Trinajstić information content (AvgIpc) is 2.88. The molecule has 0 aliphatic carbocycles. The molecule has 5 heteroatoms. The number of hydrogen-bond acceptors (Lipinski definition) is 4. The molecule has 2 saturated heterocycles. The van der Waals surface area contributed by atoms with Gasteiger partial charge in [-0.3, -0.25) is 9.69 Å². The van der Waals surface area contributed by atoms with Gasteiger partial charge in [0, 0.05) is 30.6 Å². The van der Waals surface area contributed by atoms with Crippen molar-refractivity contribution in [2.24, 2.45) is 0 Å². The van der Waals surface area contributed by atoms with E-state index in [1.54, 1.807) is 11.3 Å². The summed E-state index contributed by atoms with van der Waals surface area (Å²) in [5.41, 5.74) is 0.647. The SMILES string of the molecule is CCCc1nc(C(=O)N2CC(N3CCCC[C@H]3C)C2)cs1. The summed E-state index contributed by atoms with van der Waals surface area (Å²) in [6.45, 7) is 7.42. The maximum Gasteiger partial charge on any atom is 0.273 e. The van der Waals surface area contributed by atoms with Crippen LogP contribution in [0.25, 0.3) is 0 Å². The van der Waals surface area contributed by atoms with Crippen molar-refractivity contribution in [2.45, 2.75) is 58.0 Å². The molecule has 4 nitrogen and oxygen atoms in total.